The van der Waals surface area contributed by atoms with E-state index in [0.717, 1.165) is 15.1 Å². The van der Waals surface area contributed by atoms with Crippen LogP contribution in [0.1, 0.15) is 23.2 Å². The second kappa shape index (κ2) is 8.10. The predicted molar refractivity (Wildman–Crippen MR) is 110 cm³/mol. The highest BCUT2D eigenvalue weighted by Crippen LogP contribution is 2.24. The first-order valence-corrected chi connectivity index (χ1v) is 10.0. The van der Waals surface area contributed by atoms with Gasteiger partial charge in [0.25, 0.3) is 5.91 Å². The Bertz CT molecular complexity index is 1160. The number of hydrogen-bond donors (Lipinski definition) is 0. The van der Waals surface area contributed by atoms with Gasteiger partial charge in [-0.3, -0.25) is 19.3 Å². The number of fused-ring (bicyclic) bond motifs is 1. The molecule has 8 heteroatoms. The summed E-state index contributed by atoms with van der Waals surface area (Å²) in [7, 11) is 1.63. The van der Waals surface area contributed by atoms with Crippen LogP contribution in [0.2, 0.25) is 0 Å². The van der Waals surface area contributed by atoms with Gasteiger partial charge in [-0.05, 0) is 30.3 Å². The molecule has 0 N–H and O–H groups in total. The number of imide groups is 1. The lowest BCUT2D eigenvalue weighted by molar-refractivity contribution is -0.121. The molecule has 0 aliphatic carbocycles. The van der Waals surface area contributed by atoms with E-state index in [9.17, 15) is 14.4 Å². The summed E-state index contributed by atoms with van der Waals surface area (Å²) in [6.45, 7) is 1.07. The molecule has 1 fully saturated rings. The molecule has 1 aromatic heterocycles. The van der Waals surface area contributed by atoms with E-state index in [0.29, 0.717) is 29.2 Å². The van der Waals surface area contributed by atoms with E-state index in [1.54, 1.807) is 31.4 Å². The van der Waals surface area contributed by atoms with Crippen molar-refractivity contribution in [2.24, 2.45) is 4.99 Å². The molecule has 1 aliphatic heterocycles. The highest BCUT2D eigenvalue weighted by Gasteiger charge is 2.30. The summed E-state index contributed by atoms with van der Waals surface area (Å²) in [4.78, 5) is 42.9. The van der Waals surface area contributed by atoms with Crippen LogP contribution in [0.3, 0.4) is 0 Å². The number of aromatic nitrogens is 1. The SMILES string of the molecule is COCCn1c(=NC(=O)c2cccc(N3C(=O)CCC3=O)c2)sc2ccccc21. The first-order chi connectivity index (χ1) is 14.1. The summed E-state index contributed by atoms with van der Waals surface area (Å²) >= 11 is 1.43. The smallest absolute Gasteiger partial charge is 0.279 e. The maximum absolute atomic E-state index is 12.9. The van der Waals surface area contributed by atoms with Gasteiger partial charge in [-0.1, -0.05) is 29.5 Å². The molecule has 2 heterocycles. The average molecular weight is 409 g/mol. The van der Waals surface area contributed by atoms with E-state index in [2.05, 4.69) is 4.99 Å². The number of hydrogen-bond acceptors (Lipinski definition) is 5. The molecule has 29 heavy (non-hydrogen) atoms. The zero-order valence-electron chi connectivity index (χ0n) is 15.8. The zero-order valence-corrected chi connectivity index (χ0v) is 16.6. The summed E-state index contributed by atoms with van der Waals surface area (Å²) in [6, 6.07) is 14.3. The number of thiazole rings is 1. The van der Waals surface area contributed by atoms with Gasteiger partial charge >= 0.3 is 0 Å². The molecule has 0 atom stereocenters. The number of methoxy groups -OCH3 is 1. The van der Waals surface area contributed by atoms with Crippen LogP contribution in [0.5, 0.6) is 0 Å². The van der Waals surface area contributed by atoms with Crippen molar-refractivity contribution >= 4 is 45.0 Å². The van der Waals surface area contributed by atoms with Crippen LogP contribution in [0.15, 0.2) is 53.5 Å². The Labute approximate surface area is 170 Å². The molecule has 0 unspecified atom stereocenters. The number of amides is 3. The van der Waals surface area contributed by atoms with Crippen molar-refractivity contribution in [2.75, 3.05) is 18.6 Å². The molecular weight excluding hydrogens is 390 g/mol. The van der Waals surface area contributed by atoms with Gasteiger partial charge in [0, 0.05) is 32.1 Å². The Morgan fingerprint density at radius 2 is 1.86 bits per heavy atom. The van der Waals surface area contributed by atoms with Crippen molar-refractivity contribution < 1.29 is 19.1 Å². The van der Waals surface area contributed by atoms with Gasteiger partial charge in [0.1, 0.15) is 0 Å². The minimum absolute atomic E-state index is 0.197. The number of nitrogens with zero attached hydrogens (tertiary/aromatic N) is 3. The third kappa shape index (κ3) is 3.76. The maximum Gasteiger partial charge on any atom is 0.279 e. The second-order valence-electron chi connectivity index (χ2n) is 6.59. The lowest BCUT2D eigenvalue weighted by atomic mass is 10.2. The molecule has 0 spiro atoms. The monoisotopic (exact) mass is 409 g/mol. The molecule has 1 saturated heterocycles. The minimum Gasteiger partial charge on any atom is -0.383 e. The summed E-state index contributed by atoms with van der Waals surface area (Å²) in [5.74, 6) is -0.930. The van der Waals surface area contributed by atoms with Gasteiger partial charge in [-0.15, -0.1) is 0 Å². The van der Waals surface area contributed by atoms with E-state index in [-0.39, 0.29) is 24.7 Å². The fraction of sp³-hybridized carbons (Fsp3) is 0.238. The van der Waals surface area contributed by atoms with Crippen molar-refractivity contribution in [2.45, 2.75) is 19.4 Å². The molecule has 0 bridgehead atoms. The number of benzene rings is 2. The fourth-order valence-corrected chi connectivity index (χ4v) is 4.35. The number of carbonyl (C=O) groups excluding carboxylic acids is 3. The van der Waals surface area contributed by atoms with Gasteiger partial charge in [0.15, 0.2) is 4.80 Å². The maximum atomic E-state index is 12.9. The summed E-state index contributed by atoms with van der Waals surface area (Å²) in [5.41, 5.74) is 1.72. The molecule has 3 amide bonds. The van der Waals surface area contributed by atoms with Gasteiger partial charge in [0.2, 0.25) is 11.8 Å². The van der Waals surface area contributed by atoms with Crippen molar-refractivity contribution in [3.8, 4) is 0 Å². The van der Waals surface area contributed by atoms with Crippen LogP contribution in [0, 0.1) is 0 Å². The molecule has 7 nitrogen and oxygen atoms in total. The van der Waals surface area contributed by atoms with Gasteiger partial charge < -0.3 is 9.30 Å². The van der Waals surface area contributed by atoms with Crippen LogP contribution in [0.25, 0.3) is 10.2 Å². The molecule has 3 aromatic rings. The highest BCUT2D eigenvalue weighted by atomic mass is 32.1. The van der Waals surface area contributed by atoms with E-state index in [1.807, 2.05) is 28.8 Å². The lowest BCUT2D eigenvalue weighted by Gasteiger charge is -2.14. The third-order valence-corrected chi connectivity index (χ3v) is 5.77. The molecule has 4 rings (SSSR count). The van der Waals surface area contributed by atoms with Crippen molar-refractivity contribution in [1.29, 1.82) is 0 Å². The number of anilines is 1. The first-order valence-electron chi connectivity index (χ1n) is 9.20. The molecular formula is C21H19N3O4S. The standard InChI is InChI=1S/C21H19N3O4S/c1-28-12-11-23-16-7-2-3-8-17(16)29-21(23)22-20(27)14-5-4-6-15(13-14)24-18(25)9-10-19(24)26/h2-8,13H,9-12H2,1H3. The lowest BCUT2D eigenvalue weighted by Crippen LogP contribution is -2.28. The Hall–Kier alpha value is -3.10. The van der Waals surface area contributed by atoms with Crippen molar-refractivity contribution in [3.63, 3.8) is 0 Å². The van der Waals surface area contributed by atoms with Crippen LogP contribution < -0.4 is 9.70 Å². The minimum atomic E-state index is -0.427. The van der Waals surface area contributed by atoms with E-state index in [4.69, 9.17) is 4.74 Å². The van der Waals surface area contributed by atoms with Crippen LogP contribution in [-0.2, 0) is 20.9 Å². The van der Waals surface area contributed by atoms with Crippen LogP contribution in [-0.4, -0.2) is 36.0 Å². The zero-order chi connectivity index (χ0) is 20.4. The predicted octanol–water partition coefficient (Wildman–Crippen LogP) is 2.74. The molecule has 2 aromatic carbocycles. The summed E-state index contributed by atoms with van der Waals surface area (Å²) in [5, 5.41) is 0. The van der Waals surface area contributed by atoms with E-state index >= 15 is 0 Å². The van der Waals surface area contributed by atoms with Crippen molar-refractivity contribution in [3.05, 3.63) is 58.9 Å². The Morgan fingerprint density at radius 3 is 2.62 bits per heavy atom. The van der Waals surface area contributed by atoms with Crippen LogP contribution in [0.4, 0.5) is 5.69 Å². The molecule has 0 saturated carbocycles. The van der Waals surface area contributed by atoms with Gasteiger partial charge in [-0.2, -0.15) is 4.99 Å². The normalized spacial score (nSPS) is 14.9. The number of carbonyl (C=O) groups is 3. The Kier molecular flexibility index (Phi) is 5.37. The molecule has 148 valence electrons. The second-order valence-corrected chi connectivity index (χ2v) is 7.60. The summed E-state index contributed by atoms with van der Waals surface area (Å²) in [6.07, 6.45) is 0.394. The third-order valence-electron chi connectivity index (χ3n) is 4.71. The van der Waals surface area contributed by atoms with E-state index < -0.39 is 5.91 Å². The number of ether oxygens (including phenoxy) is 1. The van der Waals surface area contributed by atoms with Crippen molar-refractivity contribution in [1.82, 2.24) is 4.57 Å². The molecule has 0 radical (unpaired) electrons. The van der Waals surface area contributed by atoms with Gasteiger partial charge in [-0.25, -0.2) is 0 Å². The number of para-hydroxylation sites is 1. The fourth-order valence-electron chi connectivity index (χ4n) is 3.30. The summed E-state index contributed by atoms with van der Waals surface area (Å²) < 4.78 is 8.17. The van der Waals surface area contributed by atoms with Gasteiger partial charge in [0.05, 0.1) is 22.5 Å². The number of rotatable bonds is 5. The Morgan fingerprint density at radius 1 is 1.10 bits per heavy atom. The van der Waals surface area contributed by atoms with E-state index in [1.165, 1.54) is 11.3 Å². The average Bonchev–Trinajstić information content (AvgIpc) is 3.25. The quantitative estimate of drug-likeness (QED) is 0.607. The topological polar surface area (TPSA) is 81.0 Å². The van der Waals surface area contributed by atoms with Crippen LogP contribution >= 0.6 is 11.3 Å². The molecule has 1 aliphatic rings. The largest absolute Gasteiger partial charge is 0.383 e. The highest BCUT2D eigenvalue weighted by molar-refractivity contribution is 7.16. The first kappa shape index (κ1) is 19.2. The Balaban J connectivity index is 1.72.